The third kappa shape index (κ3) is 3.13. The molecule has 18 heavy (non-hydrogen) atoms. The molecule has 0 saturated heterocycles. The summed E-state index contributed by atoms with van der Waals surface area (Å²) in [5.41, 5.74) is 1.07. The van der Waals surface area contributed by atoms with Crippen molar-refractivity contribution in [3.05, 3.63) is 39.3 Å². The topological polar surface area (TPSA) is 62.2 Å². The molecule has 0 fully saturated rings. The van der Waals surface area contributed by atoms with Crippen LogP contribution < -0.4 is 5.32 Å². The number of thiazole rings is 1. The van der Waals surface area contributed by atoms with Crippen molar-refractivity contribution in [1.82, 2.24) is 4.98 Å². The van der Waals surface area contributed by atoms with Gasteiger partial charge < -0.3 is 10.4 Å². The van der Waals surface area contributed by atoms with Crippen molar-refractivity contribution in [3.63, 3.8) is 0 Å². The minimum atomic E-state index is -0.914. The summed E-state index contributed by atoms with van der Waals surface area (Å²) in [5.74, 6) is -0.914. The number of benzene rings is 1. The Morgan fingerprint density at radius 3 is 2.67 bits per heavy atom. The molecule has 0 amide bonds. The number of halogens is 2. The second-order valence-corrected chi connectivity index (χ2v) is 5.11. The second kappa shape index (κ2) is 5.56. The quantitative estimate of drug-likeness (QED) is 0.901. The number of hydrogen-bond donors (Lipinski definition) is 2. The fraction of sp³-hybridized carbons (Fsp3) is 0.0909. The van der Waals surface area contributed by atoms with E-state index in [1.807, 2.05) is 0 Å². The molecule has 0 aliphatic carbocycles. The van der Waals surface area contributed by atoms with Crippen LogP contribution in [0.5, 0.6) is 0 Å². The van der Waals surface area contributed by atoms with Gasteiger partial charge in [-0.2, -0.15) is 0 Å². The molecule has 1 aromatic heterocycles. The molecule has 0 aliphatic heterocycles. The predicted octanol–water partition coefficient (Wildman–Crippen LogP) is 3.82. The van der Waals surface area contributed by atoms with E-state index in [1.165, 1.54) is 11.3 Å². The summed E-state index contributed by atoms with van der Waals surface area (Å²) < 4.78 is 0. The van der Waals surface area contributed by atoms with Gasteiger partial charge in [0.1, 0.15) is 0 Å². The molecule has 4 nitrogen and oxygen atoms in total. The summed E-state index contributed by atoms with van der Waals surface area (Å²) in [7, 11) is 0. The third-order valence-electron chi connectivity index (χ3n) is 2.08. The van der Waals surface area contributed by atoms with Crippen LogP contribution in [0.15, 0.2) is 23.6 Å². The van der Waals surface area contributed by atoms with Crippen molar-refractivity contribution in [1.29, 1.82) is 0 Å². The van der Waals surface area contributed by atoms with Gasteiger partial charge in [-0.3, -0.25) is 4.79 Å². The summed E-state index contributed by atoms with van der Waals surface area (Å²) in [6.07, 6.45) is -0.103. The van der Waals surface area contributed by atoms with Crippen LogP contribution >= 0.6 is 34.5 Å². The number of hydrogen-bond acceptors (Lipinski definition) is 4. The van der Waals surface area contributed by atoms with Crippen LogP contribution in [-0.2, 0) is 11.2 Å². The van der Waals surface area contributed by atoms with Crippen LogP contribution in [0, 0.1) is 0 Å². The first-order valence-electron chi connectivity index (χ1n) is 4.93. The van der Waals surface area contributed by atoms with Crippen LogP contribution in [-0.4, -0.2) is 16.1 Å². The Hall–Kier alpha value is -1.30. The van der Waals surface area contributed by atoms with Crippen molar-refractivity contribution in [3.8, 4) is 0 Å². The molecule has 1 heterocycles. The molecular weight excluding hydrogens is 295 g/mol. The van der Waals surface area contributed by atoms with Crippen LogP contribution in [0.3, 0.4) is 0 Å². The highest BCUT2D eigenvalue weighted by Gasteiger charge is 2.09. The number of anilines is 2. The maximum atomic E-state index is 10.5. The maximum absolute atomic E-state index is 10.5. The molecule has 7 heteroatoms. The van der Waals surface area contributed by atoms with Crippen molar-refractivity contribution in [2.45, 2.75) is 6.42 Å². The summed E-state index contributed by atoms with van der Waals surface area (Å²) in [6, 6.07) is 5.16. The van der Waals surface area contributed by atoms with Crippen LogP contribution in [0.1, 0.15) is 5.69 Å². The Balaban J connectivity index is 2.19. The lowest BCUT2D eigenvalue weighted by atomic mass is 10.3. The van der Waals surface area contributed by atoms with Gasteiger partial charge >= 0.3 is 5.97 Å². The fourth-order valence-corrected chi connectivity index (χ4v) is 2.53. The standard InChI is InChI=1S/C11H8Cl2N2O2S/c12-7-2-1-3-8(13)10(7)15-11-14-6(5-18-11)4-9(16)17/h1-3,5H,4H2,(H,14,15)(H,16,17). The van der Waals surface area contributed by atoms with E-state index in [0.717, 1.165) is 0 Å². The molecule has 0 bridgehead atoms. The van der Waals surface area contributed by atoms with E-state index in [0.29, 0.717) is 26.6 Å². The highest BCUT2D eigenvalue weighted by molar-refractivity contribution is 7.13. The van der Waals surface area contributed by atoms with E-state index in [9.17, 15) is 4.79 Å². The summed E-state index contributed by atoms with van der Waals surface area (Å²) in [6.45, 7) is 0. The summed E-state index contributed by atoms with van der Waals surface area (Å²) >= 11 is 13.3. The van der Waals surface area contributed by atoms with Gasteiger partial charge in [-0.05, 0) is 12.1 Å². The van der Waals surface area contributed by atoms with Gasteiger partial charge in [-0.25, -0.2) is 4.98 Å². The Morgan fingerprint density at radius 1 is 1.39 bits per heavy atom. The molecule has 2 rings (SSSR count). The lowest BCUT2D eigenvalue weighted by Crippen LogP contribution is -2.00. The van der Waals surface area contributed by atoms with E-state index >= 15 is 0 Å². The number of rotatable bonds is 4. The third-order valence-corrected chi connectivity index (χ3v) is 3.52. The van der Waals surface area contributed by atoms with E-state index in [1.54, 1.807) is 23.6 Å². The average molecular weight is 303 g/mol. The van der Waals surface area contributed by atoms with Gasteiger partial charge in [0.05, 0.1) is 27.8 Å². The first kappa shape index (κ1) is 13.1. The Kier molecular flexibility index (Phi) is 4.06. The number of aliphatic carboxylic acids is 1. The zero-order valence-electron chi connectivity index (χ0n) is 8.98. The van der Waals surface area contributed by atoms with Crippen LogP contribution in [0.4, 0.5) is 10.8 Å². The predicted molar refractivity (Wildman–Crippen MR) is 73.2 cm³/mol. The Labute approximate surface area is 117 Å². The van der Waals surface area contributed by atoms with E-state index < -0.39 is 5.97 Å². The first-order valence-corrected chi connectivity index (χ1v) is 6.57. The Morgan fingerprint density at radius 2 is 2.06 bits per heavy atom. The number of para-hydroxylation sites is 1. The van der Waals surface area contributed by atoms with Gasteiger partial charge in [0.15, 0.2) is 5.13 Å². The zero-order chi connectivity index (χ0) is 13.1. The van der Waals surface area contributed by atoms with Crippen LogP contribution in [0.25, 0.3) is 0 Å². The van der Waals surface area contributed by atoms with Crippen molar-refractivity contribution in [2.24, 2.45) is 0 Å². The molecule has 0 radical (unpaired) electrons. The number of carboxylic acids is 1. The van der Waals surface area contributed by atoms with Crippen molar-refractivity contribution >= 4 is 51.3 Å². The zero-order valence-corrected chi connectivity index (χ0v) is 11.3. The highest BCUT2D eigenvalue weighted by atomic mass is 35.5. The molecule has 0 aliphatic rings. The van der Waals surface area contributed by atoms with Gasteiger partial charge in [-0.15, -0.1) is 11.3 Å². The van der Waals surface area contributed by atoms with Gasteiger partial charge in [0, 0.05) is 5.38 Å². The normalized spacial score (nSPS) is 10.3. The monoisotopic (exact) mass is 302 g/mol. The van der Waals surface area contributed by atoms with Gasteiger partial charge in [-0.1, -0.05) is 29.3 Å². The van der Waals surface area contributed by atoms with Gasteiger partial charge in [0.2, 0.25) is 0 Å². The number of aromatic nitrogens is 1. The second-order valence-electron chi connectivity index (χ2n) is 3.44. The average Bonchev–Trinajstić information content (AvgIpc) is 2.70. The molecule has 0 atom stereocenters. The van der Waals surface area contributed by atoms with Crippen molar-refractivity contribution < 1.29 is 9.90 Å². The molecule has 0 saturated carbocycles. The first-order chi connectivity index (χ1) is 8.56. The lowest BCUT2D eigenvalue weighted by molar-refractivity contribution is -0.136. The van der Waals surface area contributed by atoms with E-state index in [2.05, 4.69) is 10.3 Å². The number of carbonyl (C=O) groups is 1. The number of nitrogens with one attached hydrogen (secondary N) is 1. The molecule has 1 aromatic carbocycles. The largest absolute Gasteiger partial charge is 0.481 e. The molecular formula is C11H8Cl2N2O2S. The van der Waals surface area contributed by atoms with Gasteiger partial charge in [0.25, 0.3) is 0 Å². The van der Waals surface area contributed by atoms with E-state index in [-0.39, 0.29) is 6.42 Å². The fourth-order valence-electron chi connectivity index (χ4n) is 1.32. The molecule has 2 N–H and O–H groups in total. The maximum Gasteiger partial charge on any atom is 0.309 e. The van der Waals surface area contributed by atoms with Crippen LogP contribution in [0.2, 0.25) is 10.0 Å². The number of carboxylic acid groups (broad SMARTS) is 1. The molecule has 2 aromatic rings. The Bertz CT molecular complexity index is 566. The highest BCUT2D eigenvalue weighted by Crippen LogP contribution is 2.33. The molecule has 0 unspecified atom stereocenters. The lowest BCUT2D eigenvalue weighted by Gasteiger charge is -2.06. The smallest absolute Gasteiger partial charge is 0.309 e. The van der Waals surface area contributed by atoms with Crippen molar-refractivity contribution in [2.75, 3.05) is 5.32 Å². The minimum absolute atomic E-state index is 0.103. The SMILES string of the molecule is O=C(O)Cc1csc(Nc2c(Cl)cccc2Cl)n1. The summed E-state index contributed by atoms with van der Waals surface area (Å²) in [4.78, 5) is 14.7. The van der Waals surface area contributed by atoms with E-state index in [4.69, 9.17) is 28.3 Å². The molecule has 94 valence electrons. The number of nitrogens with zero attached hydrogens (tertiary/aromatic N) is 1. The molecule has 0 spiro atoms. The minimum Gasteiger partial charge on any atom is -0.481 e. The summed E-state index contributed by atoms with van der Waals surface area (Å²) in [5, 5.41) is 14.8.